The highest BCUT2D eigenvalue weighted by molar-refractivity contribution is 5.81. The molecular formula is C66H96O14. The van der Waals surface area contributed by atoms with Gasteiger partial charge in [0.15, 0.2) is 0 Å². The van der Waals surface area contributed by atoms with E-state index in [1.54, 1.807) is 7.11 Å². The van der Waals surface area contributed by atoms with Crippen molar-refractivity contribution in [1.82, 2.24) is 0 Å². The maximum absolute atomic E-state index is 11.7. The SMILES string of the molecule is CC1C(C)C2CC1C1COC(=O)C21.CC1CC2CC1C1(CCOC1=O)C2.CC1CC2CC1C1C(=O)OCC21.CC1CC2CC1CC21CCOC1=O.CCOC1C(C)C2CC1C1C(=O)OCC21.COC1C(C)C2CC1C1C(=O)OCC21. The fourth-order valence-corrected chi connectivity index (χ4v) is 23.7. The highest BCUT2D eigenvalue weighted by Gasteiger charge is 2.66. The van der Waals surface area contributed by atoms with Crippen LogP contribution in [0.5, 0.6) is 0 Å². The summed E-state index contributed by atoms with van der Waals surface area (Å²) in [6.45, 7) is 23.0. The molecule has 12 bridgehead atoms. The first-order valence-corrected chi connectivity index (χ1v) is 32.5. The first kappa shape index (κ1) is 55.9. The lowest BCUT2D eigenvalue weighted by Crippen LogP contribution is -2.39. The molecule has 18 fully saturated rings. The fraction of sp³-hybridized carbons (Fsp3) is 0.909. The molecule has 12 aliphatic carbocycles. The zero-order chi connectivity index (χ0) is 56.0. The summed E-state index contributed by atoms with van der Waals surface area (Å²) in [5, 5.41) is 0. The van der Waals surface area contributed by atoms with Gasteiger partial charge in [-0.1, -0.05) is 48.5 Å². The Morgan fingerprint density at radius 2 is 0.925 bits per heavy atom. The molecule has 444 valence electrons. The lowest BCUT2D eigenvalue weighted by Gasteiger charge is -2.33. The molecule has 80 heavy (non-hydrogen) atoms. The molecule has 0 radical (unpaired) electrons. The second-order valence-electron chi connectivity index (χ2n) is 30.2. The Morgan fingerprint density at radius 3 is 1.43 bits per heavy atom. The summed E-state index contributed by atoms with van der Waals surface area (Å²) in [6.07, 6.45) is 16.3. The molecule has 14 heteroatoms. The van der Waals surface area contributed by atoms with Crippen LogP contribution in [0.2, 0.25) is 0 Å². The van der Waals surface area contributed by atoms with Crippen LogP contribution in [0.4, 0.5) is 0 Å². The third-order valence-electron chi connectivity index (χ3n) is 27.5. The van der Waals surface area contributed by atoms with Crippen molar-refractivity contribution in [2.24, 2.45) is 171 Å². The average Bonchev–Trinajstić information content (AvgIpc) is 4.28. The molecule has 0 aromatic rings. The molecule has 14 nitrogen and oxygen atoms in total. The number of cyclic esters (lactones) is 6. The van der Waals surface area contributed by atoms with Crippen LogP contribution in [0.25, 0.3) is 0 Å². The molecular weight excluding hydrogens is 1020 g/mol. The molecule has 31 atom stereocenters. The van der Waals surface area contributed by atoms with E-state index in [4.69, 9.17) is 37.9 Å². The van der Waals surface area contributed by atoms with Crippen molar-refractivity contribution in [2.45, 2.75) is 151 Å². The van der Waals surface area contributed by atoms with Gasteiger partial charge >= 0.3 is 35.8 Å². The van der Waals surface area contributed by atoms with Crippen LogP contribution in [0.15, 0.2) is 0 Å². The first-order chi connectivity index (χ1) is 38.4. The zero-order valence-electron chi connectivity index (χ0n) is 49.6. The Bertz CT molecular complexity index is 2420. The summed E-state index contributed by atoms with van der Waals surface area (Å²) < 4.78 is 42.2. The van der Waals surface area contributed by atoms with Crippen LogP contribution in [0, 0.1) is 171 Å². The predicted molar refractivity (Wildman–Crippen MR) is 291 cm³/mol. The van der Waals surface area contributed by atoms with Gasteiger partial charge in [-0.2, -0.15) is 0 Å². The molecule has 2 spiro atoms. The number of methoxy groups -OCH3 is 1. The van der Waals surface area contributed by atoms with Gasteiger partial charge in [-0.05, 0) is 203 Å². The van der Waals surface area contributed by atoms with E-state index in [9.17, 15) is 28.8 Å². The molecule has 0 amide bonds. The van der Waals surface area contributed by atoms with Gasteiger partial charge in [-0.25, -0.2) is 0 Å². The van der Waals surface area contributed by atoms with Crippen LogP contribution in [0.1, 0.15) is 139 Å². The standard InChI is InChI=1S/C12H18O3.C11H16O3.3C11H16O2.C10H14O2/c1-3-14-11-6(2)7-4-8(11)10-9(7)5-15-12(10)13;1-5-6-3-7(10(5)13-2)9-8(6)4-14-11(9)12;1-5-6(2)8-3-7(5)9-4-13-11(12)10(8)9;1-7-4-9-5-8(7)6-11(9)2-3-13-10(11)12;1-7-4-8-5-9(7)11(6-8)2-3-13-10(11)12;1-5-2-6-3-7(5)9-8(6)4-12-10(9)11/h6-11H,3-5H2,1-2H3;5-10H,3-4H2,1-2H3;5-10H,3-4H2,1-2H3;2*7-9H,2-6H2,1H3;5-9H,2-4H2,1H3. The van der Waals surface area contributed by atoms with E-state index in [1.807, 2.05) is 6.92 Å². The second-order valence-corrected chi connectivity index (χ2v) is 30.2. The lowest BCUT2D eigenvalue weighted by atomic mass is 9.68. The van der Waals surface area contributed by atoms with Gasteiger partial charge < -0.3 is 37.9 Å². The number of hydrogen-bond donors (Lipinski definition) is 0. The number of rotatable bonds is 3. The topological polar surface area (TPSA) is 176 Å². The van der Waals surface area contributed by atoms with Crippen molar-refractivity contribution >= 4 is 35.8 Å². The first-order valence-electron chi connectivity index (χ1n) is 32.5. The molecule has 18 aliphatic rings. The van der Waals surface area contributed by atoms with Gasteiger partial charge in [0, 0.05) is 37.4 Å². The monoisotopic (exact) mass is 1110 g/mol. The minimum absolute atomic E-state index is 0.0167. The van der Waals surface area contributed by atoms with Gasteiger partial charge in [-0.15, -0.1) is 0 Å². The zero-order valence-corrected chi connectivity index (χ0v) is 49.6. The molecule has 12 saturated carbocycles. The highest BCUT2D eigenvalue weighted by atomic mass is 16.6. The number of ether oxygens (including phenoxy) is 8. The van der Waals surface area contributed by atoms with E-state index < -0.39 is 0 Å². The maximum atomic E-state index is 11.7. The number of carbonyl (C=O) groups excluding carboxylic acids is 6. The van der Waals surface area contributed by atoms with Crippen LogP contribution in [-0.4, -0.2) is 101 Å². The van der Waals surface area contributed by atoms with Gasteiger partial charge in [0.05, 0.1) is 86.4 Å². The van der Waals surface area contributed by atoms with Crippen molar-refractivity contribution in [3.05, 3.63) is 0 Å². The minimum atomic E-state index is -0.0255. The summed E-state index contributed by atoms with van der Waals surface area (Å²) >= 11 is 0. The molecule has 6 saturated heterocycles. The third-order valence-corrected chi connectivity index (χ3v) is 27.5. The van der Waals surface area contributed by atoms with E-state index >= 15 is 0 Å². The quantitative estimate of drug-likeness (QED) is 0.193. The smallest absolute Gasteiger partial charge is 0.312 e. The molecule has 6 aliphatic heterocycles. The van der Waals surface area contributed by atoms with Crippen LogP contribution in [0.3, 0.4) is 0 Å². The van der Waals surface area contributed by atoms with Crippen LogP contribution < -0.4 is 0 Å². The Kier molecular flexibility index (Phi) is 14.7. The summed E-state index contributed by atoms with van der Waals surface area (Å²) in [7, 11) is 1.76. The van der Waals surface area contributed by atoms with Crippen molar-refractivity contribution in [3.63, 3.8) is 0 Å². The van der Waals surface area contributed by atoms with Gasteiger partial charge in [0.1, 0.15) is 0 Å². The van der Waals surface area contributed by atoms with E-state index in [2.05, 4.69) is 48.5 Å². The number of carbonyl (C=O) groups is 6. The largest absolute Gasteiger partial charge is 0.465 e. The van der Waals surface area contributed by atoms with Crippen molar-refractivity contribution in [2.75, 3.05) is 53.4 Å². The molecule has 0 aromatic carbocycles. The predicted octanol–water partition coefficient (Wildman–Crippen LogP) is 9.66. The number of fused-ring (bicyclic) bond motifs is 26. The fourth-order valence-electron chi connectivity index (χ4n) is 23.7. The summed E-state index contributed by atoms with van der Waals surface area (Å²) in [5.74, 6) is 16.6. The van der Waals surface area contributed by atoms with E-state index in [1.165, 1.54) is 57.8 Å². The summed E-state index contributed by atoms with van der Waals surface area (Å²) in [5.41, 5.74) is -0.0422. The number of esters is 6. The molecule has 6 heterocycles. The maximum Gasteiger partial charge on any atom is 0.312 e. The Morgan fingerprint density at radius 1 is 0.425 bits per heavy atom. The summed E-state index contributed by atoms with van der Waals surface area (Å²) in [6, 6.07) is 0. The van der Waals surface area contributed by atoms with Crippen molar-refractivity contribution < 1.29 is 66.7 Å². The van der Waals surface area contributed by atoms with E-state index in [-0.39, 0.29) is 70.5 Å². The van der Waals surface area contributed by atoms with Gasteiger partial charge in [0.25, 0.3) is 0 Å². The highest BCUT2D eigenvalue weighted by Crippen LogP contribution is 2.65. The molecule has 18 rings (SSSR count). The van der Waals surface area contributed by atoms with Crippen molar-refractivity contribution in [1.29, 1.82) is 0 Å². The second kappa shape index (κ2) is 21.1. The molecule has 31 unspecified atom stereocenters. The average molecular weight is 1110 g/mol. The Balaban J connectivity index is 0.0000000908. The van der Waals surface area contributed by atoms with Crippen LogP contribution in [-0.2, 0) is 66.7 Å². The summed E-state index contributed by atoms with van der Waals surface area (Å²) in [4.78, 5) is 69.4. The van der Waals surface area contributed by atoms with Crippen molar-refractivity contribution in [3.8, 4) is 0 Å². The van der Waals surface area contributed by atoms with E-state index in [0.29, 0.717) is 128 Å². The Hall–Kier alpha value is -3.26. The third kappa shape index (κ3) is 8.57. The van der Waals surface area contributed by atoms with Gasteiger partial charge in [-0.3, -0.25) is 28.8 Å². The molecule has 0 aromatic heterocycles. The number of hydrogen-bond acceptors (Lipinski definition) is 14. The van der Waals surface area contributed by atoms with Gasteiger partial charge in [0.2, 0.25) is 0 Å². The minimum Gasteiger partial charge on any atom is -0.465 e. The van der Waals surface area contributed by atoms with E-state index in [0.717, 1.165) is 92.2 Å². The molecule has 0 N–H and O–H groups in total. The van der Waals surface area contributed by atoms with Crippen LogP contribution >= 0.6 is 0 Å². The lowest BCUT2D eigenvalue weighted by molar-refractivity contribution is -0.150. The normalized spacial score (nSPS) is 54.5. The Labute approximate surface area is 475 Å².